The van der Waals surface area contributed by atoms with Gasteiger partial charge in [-0.3, -0.25) is 0 Å². The highest BCUT2D eigenvalue weighted by molar-refractivity contribution is 5.73. The standard InChI is InChI=1S/C18H17N3O2/c22-18(20-11-14-7-3-1-4-8-14)21-13-17-19-12-16(23-17)15-9-5-2-6-10-15/h1-10,12H,11,13H2,(H2,20,21,22). The highest BCUT2D eigenvalue weighted by Gasteiger charge is 2.07. The van der Waals surface area contributed by atoms with E-state index in [9.17, 15) is 4.79 Å². The summed E-state index contributed by atoms with van der Waals surface area (Å²) in [5, 5.41) is 5.52. The van der Waals surface area contributed by atoms with Crippen LogP contribution in [0.4, 0.5) is 4.79 Å². The van der Waals surface area contributed by atoms with E-state index in [1.165, 1.54) is 0 Å². The number of benzene rings is 2. The van der Waals surface area contributed by atoms with Crippen molar-refractivity contribution in [3.8, 4) is 11.3 Å². The number of aromatic nitrogens is 1. The Kier molecular flexibility index (Phi) is 4.69. The zero-order chi connectivity index (χ0) is 15.9. The van der Waals surface area contributed by atoms with E-state index >= 15 is 0 Å². The van der Waals surface area contributed by atoms with E-state index < -0.39 is 0 Å². The number of rotatable bonds is 5. The Balaban J connectivity index is 1.49. The zero-order valence-electron chi connectivity index (χ0n) is 12.5. The maximum Gasteiger partial charge on any atom is 0.315 e. The molecule has 0 saturated heterocycles. The molecule has 2 amide bonds. The summed E-state index contributed by atoms with van der Waals surface area (Å²) in [6, 6.07) is 19.2. The van der Waals surface area contributed by atoms with Gasteiger partial charge in [-0.2, -0.15) is 0 Å². The van der Waals surface area contributed by atoms with Crippen LogP contribution in [0.3, 0.4) is 0 Å². The molecule has 0 saturated carbocycles. The van der Waals surface area contributed by atoms with Crippen LogP contribution >= 0.6 is 0 Å². The fraction of sp³-hybridized carbons (Fsp3) is 0.111. The van der Waals surface area contributed by atoms with Gasteiger partial charge in [-0.1, -0.05) is 60.7 Å². The second kappa shape index (κ2) is 7.26. The monoisotopic (exact) mass is 307 g/mol. The molecule has 0 atom stereocenters. The Morgan fingerprint density at radius 1 is 0.913 bits per heavy atom. The van der Waals surface area contributed by atoms with E-state index in [0.717, 1.165) is 11.1 Å². The summed E-state index contributed by atoms with van der Waals surface area (Å²) in [7, 11) is 0. The van der Waals surface area contributed by atoms with Gasteiger partial charge in [0.1, 0.15) is 0 Å². The first kappa shape index (κ1) is 14.8. The number of carbonyl (C=O) groups excluding carboxylic acids is 1. The van der Waals surface area contributed by atoms with E-state index in [2.05, 4.69) is 15.6 Å². The van der Waals surface area contributed by atoms with Gasteiger partial charge in [0.25, 0.3) is 0 Å². The van der Waals surface area contributed by atoms with Crippen molar-refractivity contribution in [3.63, 3.8) is 0 Å². The molecule has 0 radical (unpaired) electrons. The molecule has 2 aromatic carbocycles. The third-order valence-corrected chi connectivity index (χ3v) is 3.31. The minimum absolute atomic E-state index is 0.244. The molecule has 0 aliphatic carbocycles. The molecule has 0 aliphatic heterocycles. The van der Waals surface area contributed by atoms with Crippen LogP contribution < -0.4 is 10.6 Å². The number of carbonyl (C=O) groups is 1. The first-order valence-electron chi connectivity index (χ1n) is 7.37. The average Bonchev–Trinajstić information content (AvgIpc) is 3.09. The van der Waals surface area contributed by atoms with Crippen LogP contribution in [-0.2, 0) is 13.1 Å². The fourth-order valence-corrected chi connectivity index (χ4v) is 2.12. The smallest absolute Gasteiger partial charge is 0.315 e. The topological polar surface area (TPSA) is 67.2 Å². The van der Waals surface area contributed by atoms with Crippen molar-refractivity contribution in [3.05, 3.63) is 78.3 Å². The van der Waals surface area contributed by atoms with E-state index in [0.29, 0.717) is 18.2 Å². The van der Waals surface area contributed by atoms with Crippen LogP contribution in [0.15, 0.2) is 71.3 Å². The van der Waals surface area contributed by atoms with Crippen molar-refractivity contribution in [1.82, 2.24) is 15.6 Å². The van der Waals surface area contributed by atoms with E-state index in [1.54, 1.807) is 6.20 Å². The number of nitrogens with one attached hydrogen (secondary N) is 2. The molecule has 1 aromatic heterocycles. The summed E-state index contributed by atoms with van der Waals surface area (Å²) in [5.74, 6) is 1.16. The lowest BCUT2D eigenvalue weighted by Crippen LogP contribution is -2.34. The number of urea groups is 1. The lowest BCUT2D eigenvalue weighted by molar-refractivity contribution is 0.239. The van der Waals surface area contributed by atoms with Crippen molar-refractivity contribution in [2.75, 3.05) is 0 Å². The van der Waals surface area contributed by atoms with Gasteiger partial charge < -0.3 is 15.1 Å². The molecule has 3 aromatic rings. The van der Waals surface area contributed by atoms with Crippen LogP contribution in [0.2, 0.25) is 0 Å². The predicted molar refractivity (Wildman–Crippen MR) is 87.5 cm³/mol. The normalized spacial score (nSPS) is 10.3. The quantitative estimate of drug-likeness (QED) is 0.759. The van der Waals surface area contributed by atoms with Crippen molar-refractivity contribution in [2.45, 2.75) is 13.1 Å². The van der Waals surface area contributed by atoms with Gasteiger partial charge in [-0.15, -0.1) is 0 Å². The zero-order valence-corrected chi connectivity index (χ0v) is 12.5. The Labute approximate surface area is 134 Å². The van der Waals surface area contributed by atoms with Gasteiger partial charge in [0.15, 0.2) is 5.76 Å². The molecule has 2 N–H and O–H groups in total. The lowest BCUT2D eigenvalue weighted by Gasteiger charge is -2.06. The summed E-state index contributed by atoms with van der Waals surface area (Å²) in [6.45, 7) is 0.723. The van der Waals surface area contributed by atoms with Crippen LogP contribution in [0.25, 0.3) is 11.3 Å². The minimum Gasteiger partial charge on any atom is -0.439 e. The number of hydrogen-bond acceptors (Lipinski definition) is 3. The van der Waals surface area contributed by atoms with Crippen molar-refractivity contribution in [1.29, 1.82) is 0 Å². The molecule has 0 spiro atoms. The second-order valence-corrected chi connectivity index (χ2v) is 5.01. The first-order chi connectivity index (χ1) is 11.3. The van der Waals surface area contributed by atoms with Gasteiger partial charge in [-0.25, -0.2) is 9.78 Å². The molecule has 0 bridgehead atoms. The van der Waals surface area contributed by atoms with Crippen LogP contribution in [-0.4, -0.2) is 11.0 Å². The fourth-order valence-electron chi connectivity index (χ4n) is 2.12. The van der Waals surface area contributed by atoms with Crippen LogP contribution in [0, 0.1) is 0 Å². The number of nitrogens with zero attached hydrogens (tertiary/aromatic N) is 1. The molecule has 0 aliphatic rings. The Bertz CT molecular complexity index is 754. The minimum atomic E-state index is -0.256. The highest BCUT2D eigenvalue weighted by atomic mass is 16.4. The van der Waals surface area contributed by atoms with Gasteiger partial charge in [-0.05, 0) is 5.56 Å². The van der Waals surface area contributed by atoms with Crippen molar-refractivity contribution < 1.29 is 9.21 Å². The maximum atomic E-state index is 11.8. The Hall–Kier alpha value is -3.08. The molecule has 116 valence electrons. The van der Waals surface area contributed by atoms with Crippen molar-refractivity contribution >= 4 is 6.03 Å². The maximum absolute atomic E-state index is 11.8. The largest absolute Gasteiger partial charge is 0.439 e. The molecular weight excluding hydrogens is 290 g/mol. The predicted octanol–water partition coefficient (Wildman–Crippen LogP) is 3.34. The van der Waals surface area contributed by atoms with Crippen molar-refractivity contribution in [2.24, 2.45) is 0 Å². The lowest BCUT2D eigenvalue weighted by atomic mass is 10.2. The Morgan fingerprint density at radius 3 is 2.30 bits per heavy atom. The molecule has 23 heavy (non-hydrogen) atoms. The average molecular weight is 307 g/mol. The number of amides is 2. The van der Waals surface area contributed by atoms with Gasteiger partial charge in [0.2, 0.25) is 5.89 Å². The molecule has 3 rings (SSSR count). The molecule has 0 fully saturated rings. The molecule has 5 heteroatoms. The van der Waals surface area contributed by atoms with Gasteiger partial charge in [0, 0.05) is 12.1 Å². The molecule has 0 unspecified atom stereocenters. The second-order valence-electron chi connectivity index (χ2n) is 5.01. The summed E-state index contributed by atoms with van der Waals surface area (Å²) in [5.41, 5.74) is 2.00. The van der Waals surface area contributed by atoms with Gasteiger partial charge >= 0.3 is 6.03 Å². The van der Waals surface area contributed by atoms with Crippen LogP contribution in [0.1, 0.15) is 11.5 Å². The van der Waals surface area contributed by atoms with E-state index in [1.807, 2.05) is 60.7 Å². The van der Waals surface area contributed by atoms with Gasteiger partial charge in [0.05, 0.1) is 12.7 Å². The summed E-state index contributed by atoms with van der Waals surface area (Å²) in [6.07, 6.45) is 1.66. The summed E-state index contributed by atoms with van der Waals surface area (Å²) >= 11 is 0. The van der Waals surface area contributed by atoms with E-state index in [-0.39, 0.29) is 12.6 Å². The molecular formula is C18H17N3O2. The van der Waals surface area contributed by atoms with E-state index in [4.69, 9.17) is 4.42 Å². The summed E-state index contributed by atoms with van der Waals surface area (Å²) in [4.78, 5) is 15.9. The Morgan fingerprint density at radius 2 is 1.57 bits per heavy atom. The van der Waals surface area contributed by atoms with Crippen LogP contribution in [0.5, 0.6) is 0 Å². The SMILES string of the molecule is O=C(NCc1ccccc1)NCc1ncc(-c2ccccc2)o1. The third kappa shape index (κ3) is 4.20. The number of oxazole rings is 1. The summed E-state index contributed by atoms with van der Waals surface area (Å²) < 4.78 is 5.63. The third-order valence-electron chi connectivity index (χ3n) is 3.31. The first-order valence-corrected chi connectivity index (χ1v) is 7.37. The highest BCUT2D eigenvalue weighted by Crippen LogP contribution is 2.19. The molecule has 5 nitrogen and oxygen atoms in total. The molecule has 1 heterocycles. The number of hydrogen-bond donors (Lipinski definition) is 2.